The van der Waals surface area contributed by atoms with Gasteiger partial charge in [-0.25, -0.2) is 0 Å². The third-order valence-electron chi connectivity index (χ3n) is 4.43. The van der Waals surface area contributed by atoms with Crippen molar-refractivity contribution in [3.05, 3.63) is 12.4 Å². The smallest absolute Gasteiger partial charge is 0.399 e. The molecule has 0 atom stereocenters. The largest absolute Gasteiger partial charge is 0.498 e. The van der Waals surface area contributed by atoms with Crippen LogP contribution in [0.15, 0.2) is 12.4 Å². The Labute approximate surface area is 133 Å². The summed E-state index contributed by atoms with van der Waals surface area (Å²) in [6, 6.07) is 0. The summed E-state index contributed by atoms with van der Waals surface area (Å²) in [5, 5.41) is 4.41. The summed E-state index contributed by atoms with van der Waals surface area (Å²) >= 11 is 0. The molecule has 1 aromatic heterocycles. The van der Waals surface area contributed by atoms with Crippen LogP contribution in [0.25, 0.3) is 0 Å². The van der Waals surface area contributed by atoms with Gasteiger partial charge in [-0.05, 0) is 27.7 Å². The van der Waals surface area contributed by atoms with Crippen LogP contribution in [0.2, 0.25) is 0 Å². The summed E-state index contributed by atoms with van der Waals surface area (Å²) in [6.45, 7) is 10.2. The van der Waals surface area contributed by atoms with Crippen molar-refractivity contribution < 1.29 is 18.8 Å². The van der Waals surface area contributed by atoms with E-state index in [1.807, 2.05) is 38.6 Å². The molecule has 6 nitrogen and oxygen atoms in total. The highest BCUT2D eigenvalue weighted by atomic mass is 16.7. The molecule has 0 saturated carbocycles. The fourth-order valence-corrected chi connectivity index (χ4v) is 2.47. The molecule has 22 heavy (non-hydrogen) atoms. The average Bonchev–Trinajstić information content (AvgIpc) is 2.93. The highest BCUT2D eigenvalue weighted by molar-refractivity contribution is 6.61. The predicted octanol–water partition coefficient (Wildman–Crippen LogP) is 1.09. The third-order valence-corrected chi connectivity index (χ3v) is 4.43. The van der Waals surface area contributed by atoms with Gasteiger partial charge >= 0.3 is 7.12 Å². The molecular weight excluding hydrogens is 283 g/mol. The van der Waals surface area contributed by atoms with Crippen molar-refractivity contribution in [1.82, 2.24) is 9.78 Å². The standard InChI is InChI=1S/C15H27BN2O4/c1-14(2)15(3,4)22-16(21-14)13-7-17-18(9-13)8-12(10-19-5)11-20-6/h7,9,12H,8,10-11H2,1-6H3. The number of hydrogen-bond donors (Lipinski definition) is 0. The van der Waals surface area contributed by atoms with Crippen molar-refractivity contribution in [3.8, 4) is 0 Å². The fourth-order valence-electron chi connectivity index (χ4n) is 2.47. The summed E-state index contributed by atoms with van der Waals surface area (Å²) in [6.07, 6.45) is 3.78. The number of nitrogens with zero attached hydrogens (tertiary/aromatic N) is 2. The zero-order chi connectivity index (χ0) is 16.4. The Bertz CT molecular complexity index is 468. The minimum absolute atomic E-state index is 0.265. The van der Waals surface area contributed by atoms with Gasteiger partial charge in [-0.1, -0.05) is 0 Å². The Morgan fingerprint density at radius 1 is 1.14 bits per heavy atom. The highest BCUT2D eigenvalue weighted by Crippen LogP contribution is 2.36. The van der Waals surface area contributed by atoms with Gasteiger partial charge in [0.1, 0.15) is 0 Å². The lowest BCUT2D eigenvalue weighted by atomic mass is 9.82. The quantitative estimate of drug-likeness (QED) is 0.706. The number of ether oxygens (including phenoxy) is 2. The van der Waals surface area contributed by atoms with Crippen LogP contribution in [0.4, 0.5) is 0 Å². The number of methoxy groups -OCH3 is 2. The van der Waals surface area contributed by atoms with E-state index in [1.165, 1.54) is 0 Å². The Hall–Kier alpha value is -0.885. The lowest BCUT2D eigenvalue weighted by Gasteiger charge is -2.32. The van der Waals surface area contributed by atoms with Crippen LogP contribution in [0.1, 0.15) is 27.7 Å². The first-order chi connectivity index (χ1) is 10.3. The number of aromatic nitrogens is 2. The van der Waals surface area contributed by atoms with Crippen molar-refractivity contribution in [2.75, 3.05) is 27.4 Å². The zero-order valence-corrected chi connectivity index (χ0v) is 14.5. The van der Waals surface area contributed by atoms with Crippen LogP contribution in [0.5, 0.6) is 0 Å². The molecule has 2 heterocycles. The average molecular weight is 310 g/mol. The van der Waals surface area contributed by atoms with Gasteiger partial charge in [0.05, 0.1) is 24.4 Å². The molecule has 0 aromatic carbocycles. The van der Waals surface area contributed by atoms with Gasteiger partial charge in [0.25, 0.3) is 0 Å². The molecule has 0 unspecified atom stereocenters. The molecule has 1 aromatic rings. The molecule has 0 amide bonds. The van der Waals surface area contributed by atoms with Crippen LogP contribution in [-0.4, -0.2) is 55.5 Å². The van der Waals surface area contributed by atoms with Gasteiger partial charge in [-0.2, -0.15) is 5.10 Å². The molecule has 124 valence electrons. The first-order valence-corrected chi connectivity index (χ1v) is 7.65. The second-order valence-corrected chi connectivity index (χ2v) is 6.86. The maximum atomic E-state index is 6.04. The van der Waals surface area contributed by atoms with Gasteiger partial charge < -0.3 is 18.8 Å². The normalized spacial score (nSPS) is 20.0. The number of rotatable bonds is 7. The summed E-state index contributed by atoms with van der Waals surface area (Å²) in [5.41, 5.74) is 0.259. The molecular formula is C15H27BN2O4. The zero-order valence-electron chi connectivity index (χ0n) is 14.5. The highest BCUT2D eigenvalue weighted by Gasteiger charge is 2.52. The molecule has 1 fully saturated rings. The molecule has 1 saturated heterocycles. The first kappa shape index (κ1) is 17.5. The van der Waals surface area contributed by atoms with Crippen LogP contribution < -0.4 is 5.46 Å². The van der Waals surface area contributed by atoms with E-state index in [9.17, 15) is 0 Å². The van der Waals surface area contributed by atoms with Crippen LogP contribution in [0.3, 0.4) is 0 Å². The second-order valence-electron chi connectivity index (χ2n) is 6.86. The Morgan fingerprint density at radius 2 is 1.68 bits per heavy atom. The molecule has 0 bridgehead atoms. The van der Waals surface area contributed by atoms with Crippen LogP contribution in [-0.2, 0) is 25.3 Å². The topological polar surface area (TPSA) is 54.7 Å². The minimum Gasteiger partial charge on any atom is -0.399 e. The lowest BCUT2D eigenvalue weighted by molar-refractivity contribution is 0.00578. The summed E-state index contributed by atoms with van der Waals surface area (Å²) in [5.74, 6) is 0.265. The van der Waals surface area contributed by atoms with E-state index in [0.29, 0.717) is 13.2 Å². The van der Waals surface area contributed by atoms with Crippen molar-refractivity contribution in [3.63, 3.8) is 0 Å². The van der Waals surface area contributed by atoms with E-state index >= 15 is 0 Å². The van der Waals surface area contributed by atoms with Gasteiger partial charge in [0.2, 0.25) is 0 Å². The Balaban J connectivity index is 2.03. The Kier molecular flexibility index (Phi) is 5.32. The molecule has 0 spiro atoms. The lowest BCUT2D eigenvalue weighted by Crippen LogP contribution is -2.41. The minimum atomic E-state index is -0.373. The van der Waals surface area contributed by atoms with Crippen LogP contribution in [0, 0.1) is 5.92 Å². The monoisotopic (exact) mass is 310 g/mol. The van der Waals surface area contributed by atoms with E-state index in [2.05, 4.69) is 5.10 Å². The van der Waals surface area contributed by atoms with E-state index in [-0.39, 0.29) is 24.2 Å². The molecule has 0 aliphatic carbocycles. The fraction of sp³-hybridized carbons (Fsp3) is 0.800. The number of hydrogen-bond acceptors (Lipinski definition) is 5. The Morgan fingerprint density at radius 3 is 2.18 bits per heavy atom. The van der Waals surface area contributed by atoms with Gasteiger partial charge in [-0.3, -0.25) is 4.68 Å². The molecule has 2 rings (SSSR count). The van der Waals surface area contributed by atoms with Gasteiger partial charge in [0.15, 0.2) is 0 Å². The molecule has 0 radical (unpaired) electrons. The third kappa shape index (κ3) is 3.71. The van der Waals surface area contributed by atoms with E-state index in [4.69, 9.17) is 18.8 Å². The van der Waals surface area contributed by atoms with Crippen LogP contribution >= 0.6 is 0 Å². The van der Waals surface area contributed by atoms with E-state index < -0.39 is 0 Å². The summed E-state index contributed by atoms with van der Waals surface area (Å²) in [4.78, 5) is 0. The van der Waals surface area contributed by atoms with Gasteiger partial charge in [0, 0.05) is 44.5 Å². The molecule has 0 N–H and O–H groups in total. The van der Waals surface area contributed by atoms with E-state index in [1.54, 1.807) is 20.4 Å². The van der Waals surface area contributed by atoms with Crippen molar-refractivity contribution in [2.45, 2.75) is 45.4 Å². The maximum absolute atomic E-state index is 6.04. The molecule has 1 aliphatic heterocycles. The van der Waals surface area contributed by atoms with Crippen molar-refractivity contribution in [1.29, 1.82) is 0 Å². The summed E-state index contributed by atoms with van der Waals surface area (Å²) in [7, 11) is 3.02. The van der Waals surface area contributed by atoms with Crippen molar-refractivity contribution in [2.24, 2.45) is 5.92 Å². The second kappa shape index (κ2) is 6.70. The first-order valence-electron chi connectivity index (χ1n) is 7.65. The van der Waals surface area contributed by atoms with E-state index in [0.717, 1.165) is 12.0 Å². The maximum Gasteiger partial charge on any atom is 0.498 e. The SMILES string of the molecule is COCC(COC)Cn1cc(B2OC(C)(C)C(C)(C)O2)cn1. The molecule has 7 heteroatoms. The van der Waals surface area contributed by atoms with Gasteiger partial charge in [-0.15, -0.1) is 0 Å². The summed E-state index contributed by atoms with van der Waals surface area (Å²) < 4.78 is 24.4. The molecule has 1 aliphatic rings. The van der Waals surface area contributed by atoms with Crippen molar-refractivity contribution >= 4 is 12.6 Å². The predicted molar refractivity (Wildman–Crippen MR) is 85.2 cm³/mol.